The van der Waals surface area contributed by atoms with Crippen LogP contribution in [0.15, 0.2) is 48.8 Å². The van der Waals surface area contributed by atoms with Crippen molar-refractivity contribution in [2.75, 3.05) is 5.32 Å². The number of hydrogen-bond acceptors (Lipinski definition) is 4. The molecule has 2 aromatic heterocycles. The summed E-state index contributed by atoms with van der Waals surface area (Å²) in [7, 11) is 0. The molecule has 0 spiro atoms. The number of aromatic nitrogens is 4. The van der Waals surface area contributed by atoms with Crippen LogP contribution in [0, 0.1) is 0 Å². The molecule has 11 heteroatoms. The highest BCUT2D eigenvalue weighted by molar-refractivity contribution is 6.02. The van der Waals surface area contributed by atoms with Crippen molar-refractivity contribution in [3.05, 3.63) is 65.6 Å². The lowest BCUT2D eigenvalue weighted by Gasteiger charge is -2.11. The summed E-state index contributed by atoms with van der Waals surface area (Å²) < 4.78 is 40.9. The number of anilines is 1. The summed E-state index contributed by atoms with van der Waals surface area (Å²) in [6.45, 7) is 1.46. The molecule has 152 valence electrons. The lowest BCUT2D eigenvalue weighted by Crippen LogP contribution is -2.24. The fourth-order valence-electron chi connectivity index (χ4n) is 2.64. The molecule has 1 unspecified atom stereocenters. The summed E-state index contributed by atoms with van der Waals surface area (Å²) in [5, 5.41) is 19.6. The largest absolute Gasteiger partial charge is 0.480 e. The van der Waals surface area contributed by atoms with E-state index in [0.717, 1.165) is 16.8 Å². The van der Waals surface area contributed by atoms with Gasteiger partial charge in [0.2, 0.25) is 0 Å². The van der Waals surface area contributed by atoms with Gasteiger partial charge in [0.05, 0.1) is 12.1 Å². The highest BCUT2D eigenvalue weighted by Gasteiger charge is 2.30. The molecule has 0 bridgehead atoms. The summed E-state index contributed by atoms with van der Waals surface area (Å²) in [6, 6.07) is 6.69. The Morgan fingerprint density at radius 3 is 2.69 bits per heavy atom. The van der Waals surface area contributed by atoms with E-state index in [4.69, 9.17) is 5.11 Å². The van der Waals surface area contributed by atoms with Gasteiger partial charge >= 0.3 is 12.1 Å². The van der Waals surface area contributed by atoms with Crippen LogP contribution < -0.4 is 5.32 Å². The Labute approximate surface area is 162 Å². The predicted octanol–water partition coefficient (Wildman–Crippen LogP) is 3.04. The number of benzene rings is 1. The fourth-order valence-corrected chi connectivity index (χ4v) is 2.64. The second kappa shape index (κ2) is 7.78. The highest BCUT2D eigenvalue weighted by atomic mass is 19.4. The molecule has 3 rings (SSSR count). The fraction of sp³-hybridized carbons (Fsp3) is 0.222. The third-order valence-electron chi connectivity index (χ3n) is 4.11. The van der Waals surface area contributed by atoms with Crippen molar-refractivity contribution in [3.8, 4) is 0 Å². The molecule has 0 aliphatic heterocycles. The Hall–Kier alpha value is -3.63. The Bertz CT molecular complexity index is 1040. The van der Waals surface area contributed by atoms with Crippen molar-refractivity contribution in [3.63, 3.8) is 0 Å². The number of hydrogen-bond donors (Lipinski definition) is 2. The minimum Gasteiger partial charge on any atom is -0.480 e. The smallest absolute Gasteiger partial charge is 0.416 e. The van der Waals surface area contributed by atoms with Crippen LogP contribution in [0.5, 0.6) is 0 Å². The van der Waals surface area contributed by atoms with Crippen LogP contribution in [-0.2, 0) is 17.5 Å². The van der Waals surface area contributed by atoms with Gasteiger partial charge in [0.15, 0.2) is 5.82 Å². The average molecular weight is 407 g/mol. The zero-order valence-corrected chi connectivity index (χ0v) is 15.1. The Morgan fingerprint density at radius 1 is 1.24 bits per heavy atom. The predicted molar refractivity (Wildman–Crippen MR) is 95.3 cm³/mol. The second-order valence-electron chi connectivity index (χ2n) is 6.23. The number of halogens is 3. The zero-order valence-electron chi connectivity index (χ0n) is 15.1. The molecule has 2 N–H and O–H groups in total. The Kier molecular flexibility index (Phi) is 5.39. The molecule has 1 atom stereocenters. The molecule has 0 aliphatic carbocycles. The number of carbonyl (C=O) groups excluding carboxylic acids is 1. The Balaban J connectivity index is 1.71. The molecular formula is C18H16F3N5O3. The molecule has 0 saturated heterocycles. The SMILES string of the molecule is CC(C(=O)O)n1nccc1C(=O)Nc1ccn(Cc2cccc(C(F)(F)F)c2)n1. The molecule has 29 heavy (non-hydrogen) atoms. The van der Waals surface area contributed by atoms with E-state index in [-0.39, 0.29) is 18.1 Å². The summed E-state index contributed by atoms with van der Waals surface area (Å²) >= 11 is 0. The van der Waals surface area contributed by atoms with Crippen LogP contribution in [0.25, 0.3) is 0 Å². The van der Waals surface area contributed by atoms with Gasteiger partial charge in [-0.3, -0.25) is 9.48 Å². The quantitative estimate of drug-likeness (QED) is 0.654. The van der Waals surface area contributed by atoms with Crippen molar-refractivity contribution in [2.24, 2.45) is 0 Å². The van der Waals surface area contributed by atoms with E-state index in [0.29, 0.717) is 5.56 Å². The number of carboxylic acids is 1. The molecule has 0 fully saturated rings. The molecular weight excluding hydrogens is 391 g/mol. The van der Waals surface area contributed by atoms with E-state index in [1.807, 2.05) is 0 Å². The molecule has 8 nitrogen and oxygen atoms in total. The number of nitrogens with one attached hydrogen (secondary N) is 1. The summed E-state index contributed by atoms with van der Waals surface area (Å²) in [6.07, 6.45) is -1.62. The summed E-state index contributed by atoms with van der Waals surface area (Å²) in [5.41, 5.74) is -0.321. The molecule has 1 amide bonds. The van der Waals surface area contributed by atoms with Crippen LogP contribution in [0.2, 0.25) is 0 Å². The first kappa shape index (κ1) is 20.1. The van der Waals surface area contributed by atoms with Crippen molar-refractivity contribution in [2.45, 2.75) is 25.7 Å². The molecule has 3 aromatic rings. The van der Waals surface area contributed by atoms with Crippen LogP contribution in [-0.4, -0.2) is 36.5 Å². The minimum atomic E-state index is -4.44. The topological polar surface area (TPSA) is 102 Å². The van der Waals surface area contributed by atoms with Gasteiger partial charge < -0.3 is 10.4 Å². The first-order chi connectivity index (χ1) is 13.6. The number of carbonyl (C=O) groups is 2. The normalized spacial score (nSPS) is 12.6. The van der Waals surface area contributed by atoms with E-state index in [1.54, 1.807) is 6.07 Å². The first-order valence-electron chi connectivity index (χ1n) is 8.42. The highest BCUT2D eigenvalue weighted by Crippen LogP contribution is 2.29. The maximum Gasteiger partial charge on any atom is 0.416 e. The van der Waals surface area contributed by atoms with Gasteiger partial charge in [-0.1, -0.05) is 12.1 Å². The van der Waals surface area contributed by atoms with Crippen LogP contribution in [0.4, 0.5) is 19.0 Å². The summed E-state index contributed by atoms with van der Waals surface area (Å²) in [5.74, 6) is -1.59. The number of aliphatic carboxylic acids is 1. The van der Waals surface area contributed by atoms with Gasteiger partial charge in [-0.2, -0.15) is 23.4 Å². The third kappa shape index (κ3) is 4.62. The zero-order chi connectivity index (χ0) is 21.2. The standard InChI is InChI=1S/C18H16F3N5O3/c1-11(17(28)29)26-14(5-7-22-26)16(27)23-15-6-8-25(24-15)10-12-3-2-4-13(9-12)18(19,20)21/h2-9,11H,10H2,1H3,(H,28,29)(H,23,24,27). The minimum absolute atomic E-state index is 0.0346. The van der Waals surface area contributed by atoms with Gasteiger partial charge in [-0.05, 0) is 30.7 Å². The van der Waals surface area contributed by atoms with E-state index < -0.39 is 29.7 Å². The van der Waals surface area contributed by atoms with E-state index >= 15 is 0 Å². The maximum atomic E-state index is 12.8. The monoisotopic (exact) mass is 407 g/mol. The van der Waals surface area contributed by atoms with Crippen LogP contribution >= 0.6 is 0 Å². The van der Waals surface area contributed by atoms with E-state index in [9.17, 15) is 22.8 Å². The van der Waals surface area contributed by atoms with Gasteiger partial charge in [-0.25, -0.2) is 9.48 Å². The molecule has 1 aromatic carbocycles. The van der Waals surface area contributed by atoms with Gasteiger partial charge in [0, 0.05) is 18.5 Å². The van der Waals surface area contributed by atoms with Gasteiger partial charge in [0.1, 0.15) is 11.7 Å². The molecule has 0 radical (unpaired) electrons. The van der Waals surface area contributed by atoms with Crippen molar-refractivity contribution in [1.29, 1.82) is 0 Å². The third-order valence-corrected chi connectivity index (χ3v) is 4.11. The van der Waals surface area contributed by atoms with Crippen LogP contribution in [0.1, 0.15) is 34.6 Å². The number of amides is 1. The Morgan fingerprint density at radius 2 is 2.00 bits per heavy atom. The van der Waals surface area contributed by atoms with Crippen molar-refractivity contribution >= 4 is 17.7 Å². The van der Waals surface area contributed by atoms with Gasteiger partial charge in [-0.15, -0.1) is 0 Å². The number of nitrogens with zero attached hydrogens (tertiary/aromatic N) is 4. The number of rotatable bonds is 6. The van der Waals surface area contributed by atoms with E-state index in [2.05, 4.69) is 15.5 Å². The molecule has 0 saturated carbocycles. The number of carboxylic acid groups (broad SMARTS) is 1. The molecule has 0 aliphatic rings. The average Bonchev–Trinajstić information content (AvgIpc) is 3.30. The van der Waals surface area contributed by atoms with Crippen molar-refractivity contribution < 1.29 is 27.9 Å². The van der Waals surface area contributed by atoms with Crippen molar-refractivity contribution in [1.82, 2.24) is 19.6 Å². The first-order valence-corrected chi connectivity index (χ1v) is 8.42. The number of alkyl halides is 3. The second-order valence-corrected chi connectivity index (χ2v) is 6.23. The molecule has 2 heterocycles. The van der Waals surface area contributed by atoms with Gasteiger partial charge in [0.25, 0.3) is 5.91 Å². The summed E-state index contributed by atoms with van der Waals surface area (Å²) in [4.78, 5) is 23.5. The van der Waals surface area contributed by atoms with E-state index in [1.165, 1.54) is 42.2 Å². The lowest BCUT2D eigenvalue weighted by molar-refractivity contribution is -0.140. The maximum absolute atomic E-state index is 12.8. The van der Waals surface area contributed by atoms with Crippen LogP contribution in [0.3, 0.4) is 0 Å². The lowest BCUT2D eigenvalue weighted by atomic mass is 10.1.